The molecule has 2 aromatic carbocycles. The smallest absolute Gasteiger partial charge is 0.126 e. The molecule has 0 aliphatic rings. The van der Waals surface area contributed by atoms with E-state index < -0.39 is 8.07 Å². The van der Waals surface area contributed by atoms with Gasteiger partial charge in [0.15, 0.2) is 0 Å². The zero-order chi connectivity index (χ0) is 20.6. The van der Waals surface area contributed by atoms with Crippen molar-refractivity contribution in [2.24, 2.45) is 0 Å². The van der Waals surface area contributed by atoms with E-state index in [0.717, 1.165) is 25.7 Å². The molecule has 0 unspecified atom stereocenters. The highest BCUT2D eigenvalue weighted by atomic mass is 28.3. The van der Waals surface area contributed by atoms with Crippen molar-refractivity contribution in [1.29, 1.82) is 0 Å². The zero-order valence-corrected chi connectivity index (χ0v) is 19.6. The number of hydrogen-bond donors (Lipinski definition) is 0. The van der Waals surface area contributed by atoms with Gasteiger partial charge in [0.2, 0.25) is 0 Å². The Labute approximate surface area is 174 Å². The lowest BCUT2D eigenvalue weighted by molar-refractivity contribution is 0.731. The standard InChI is InChI=1S/C27H36Si/c1-23(21-22-28(5,6)27(2,3)4)26(19-17-24-13-9-7-10-14-24)20-18-25-15-11-8-12-16-25/h7-16H,17-20H2,1-6H3. The van der Waals surface area contributed by atoms with Crippen LogP contribution >= 0.6 is 0 Å². The maximum absolute atomic E-state index is 3.71. The van der Waals surface area contributed by atoms with Crippen molar-refractivity contribution in [3.05, 3.63) is 82.9 Å². The van der Waals surface area contributed by atoms with Crippen LogP contribution < -0.4 is 0 Å². The minimum Gasteiger partial charge on any atom is -0.126 e. The van der Waals surface area contributed by atoms with E-state index in [-0.39, 0.29) is 0 Å². The van der Waals surface area contributed by atoms with E-state index in [1.54, 1.807) is 0 Å². The molecule has 2 aromatic rings. The van der Waals surface area contributed by atoms with Gasteiger partial charge in [0.25, 0.3) is 0 Å². The normalized spacial score (nSPS) is 11.5. The molecule has 0 atom stereocenters. The van der Waals surface area contributed by atoms with Gasteiger partial charge in [-0.3, -0.25) is 0 Å². The summed E-state index contributed by atoms with van der Waals surface area (Å²) in [4.78, 5) is 0. The van der Waals surface area contributed by atoms with Gasteiger partial charge in [-0.05, 0) is 54.3 Å². The van der Waals surface area contributed by atoms with Crippen molar-refractivity contribution < 1.29 is 0 Å². The van der Waals surface area contributed by atoms with Crippen molar-refractivity contribution in [1.82, 2.24) is 0 Å². The largest absolute Gasteiger partial charge is 0.138 e. The first kappa shape index (κ1) is 22.2. The van der Waals surface area contributed by atoms with Crippen molar-refractivity contribution in [3.8, 4) is 11.5 Å². The lowest BCUT2D eigenvalue weighted by atomic mass is 9.95. The highest BCUT2D eigenvalue weighted by Crippen LogP contribution is 2.35. The van der Waals surface area contributed by atoms with E-state index in [4.69, 9.17) is 0 Å². The average molecular weight is 389 g/mol. The fourth-order valence-corrected chi connectivity index (χ4v) is 3.78. The molecule has 0 aliphatic heterocycles. The van der Waals surface area contributed by atoms with Gasteiger partial charge in [-0.25, -0.2) is 0 Å². The Morgan fingerprint density at radius 3 is 1.61 bits per heavy atom. The van der Waals surface area contributed by atoms with E-state index in [0.29, 0.717) is 5.04 Å². The number of rotatable bonds is 6. The molecule has 148 valence electrons. The van der Waals surface area contributed by atoms with Gasteiger partial charge in [0, 0.05) is 0 Å². The molecule has 0 bridgehead atoms. The van der Waals surface area contributed by atoms with Gasteiger partial charge >= 0.3 is 0 Å². The highest BCUT2D eigenvalue weighted by Gasteiger charge is 2.33. The van der Waals surface area contributed by atoms with Gasteiger partial charge in [0.1, 0.15) is 8.07 Å². The molecule has 1 heteroatoms. The molecule has 0 N–H and O–H groups in total. The van der Waals surface area contributed by atoms with Crippen LogP contribution in [0.2, 0.25) is 18.1 Å². The Balaban J connectivity index is 2.21. The summed E-state index contributed by atoms with van der Waals surface area (Å²) in [6.07, 6.45) is 4.36. The van der Waals surface area contributed by atoms with Crippen molar-refractivity contribution >= 4 is 8.07 Å². The Hall–Kier alpha value is -2.04. The summed E-state index contributed by atoms with van der Waals surface area (Å²) in [6.45, 7) is 14.0. The van der Waals surface area contributed by atoms with Gasteiger partial charge < -0.3 is 0 Å². The van der Waals surface area contributed by atoms with Crippen molar-refractivity contribution in [3.63, 3.8) is 0 Å². The Morgan fingerprint density at radius 1 is 0.786 bits per heavy atom. The monoisotopic (exact) mass is 388 g/mol. The summed E-state index contributed by atoms with van der Waals surface area (Å²) >= 11 is 0. The van der Waals surface area contributed by atoms with Crippen LogP contribution in [0, 0.1) is 11.5 Å². The Bertz CT molecular complexity index is 779. The van der Waals surface area contributed by atoms with Gasteiger partial charge in [-0.15, -0.1) is 5.54 Å². The van der Waals surface area contributed by atoms with Crippen molar-refractivity contribution in [2.45, 2.75) is 71.5 Å². The van der Waals surface area contributed by atoms with Crippen LogP contribution in [0.4, 0.5) is 0 Å². The number of hydrogen-bond acceptors (Lipinski definition) is 0. The summed E-state index contributed by atoms with van der Waals surface area (Å²) in [5.41, 5.74) is 9.32. The zero-order valence-electron chi connectivity index (χ0n) is 18.6. The molecule has 0 heterocycles. The Morgan fingerprint density at radius 2 is 1.21 bits per heavy atom. The third kappa shape index (κ3) is 6.84. The maximum Gasteiger partial charge on any atom is 0.138 e. The summed E-state index contributed by atoms with van der Waals surface area (Å²) in [7, 11) is -1.58. The van der Waals surface area contributed by atoms with E-state index >= 15 is 0 Å². The minimum absolute atomic E-state index is 0.300. The fourth-order valence-electron chi connectivity index (χ4n) is 2.91. The van der Waals surface area contributed by atoms with Gasteiger partial charge in [0.05, 0.1) is 0 Å². The summed E-state index contributed by atoms with van der Waals surface area (Å²) in [5.74, 6) is 3.59. The first-order chi connectivity index (χ1) is 13.2. The molecular weight excluding hydrogens is 352 g/mol. The van der Waals surface area contributed by atoms with Crippen LogP contribution in [0.3, 0.4) is 0 Å². The highest BCUT2D eigenvalue weighted by molar-refractivity contribution is 6.87. The van der Waals surface area contributed by atoms with E-state index in [9.17, 15) is 0 Å². The van der Waals surface area contributed by atoms with Gasteiger partial charge in [-0.1, -0.05) is 106 Å². The third-order valence-corrected chi connectivity index (χ3v) is 10.6. The minimum atomic E-state index is -1.58. The maximum atomic E-state index is 3.71. The predicted molar refractivity (Wildman–Crippen MR) is 127 cm³/mol. The molecule has 0 aliphatic carbocycles. The number of benzene rings is 2. The molecule has 0 fully saturated rings. The molecular formula is C27H36Si. The van der Waals surface area contributed by atoms with E-state index in [1.807, 2.05) is 0 Å². The second kappa shape index (κ2) is 9.94. The van der Waals surface area contributed by atoms with Crippen LogP contribution in [0.25, 0.3) is 0 Å². The molecule has 0 nitrogen and oxygen atoms in total. The first-order valence-electron chi connectivity index (χ1n) is 10.5. The first-order valence-corrected chi connectivity index (χ1v) is 13.5. The van der Waals surface area contributed by atoms with E-state index in [1.165, 1.54) is 22.3 Å². The second-order valence-electron chi connectivity index (χ2n) is 9.32. The van der Waals surface area contributed by atoms with Gasteiger partial charge in [-0.2, -0.15) is 0 Å². The third-order valence-electron chi connectivity index (χ3n) is 6.08. The summed E-state index contributed by atoms with van der Waals surface area (Å²) in [5, 5.41) is 0.300. The molecule has 2 rings (SSSR count). The second-order valence-corrected chi connectivity index (χ2v) is 14.3. The molecule has 0 spiro atoms. The van der Waals surface area contributed by atoms with Crippen LogP contribution in [0.5, 0.6) is 0 Å². The average Bonchev–Trinajstić information content (AvgIpc) is 2.67. The molecule has 0 amide bonds. The topological polar surface area (TPSA) is 0 Å². The van der Waals surface area contributed by atoms with Crippen LogP contribution in [-0.2, 0) is 12.8 Å². The molecule has 0 radical (unpaired) electrons. The molecule has 0 saturated carbocycles. The lowest BCUT2D eigenvalue weighted by Gasteiger charge is -2.31. The number of aryl methyl sites for hydroxylation is 2. The molecule has 0 aromatic heterocycles. The summed E-state index contributed by atoms with van der Waals surface area (Å²) in [6, 6.07) is 21.6. The fraction of sp³-hybridized carbons (Fsp3) is 0.407. The van der Waals surface area contributed by atoms with Crippen LogP contribution in [-0.4, -0.2) is 8.07 Å². The lowest BCUT2D eigenvalue weighted by Crippen LogP contribution is -2.35. The van der Waals surface area contributed by atoms with Crippen LogP contribution in [0.1, 0.15) is 51.7 Å². The van der Waals surface area contributed by atoms with Crippen LogP contribution in [0.15, 0.2) is 71.8 Å². The summed E-state index contributed by atoms with van der Waals surface area (Å²) < 4.78 is 0. The quantitative estimate of drug-likeness (QED) is 0.352. The predicted octanol–water partition coefficient (Wildman–Crippen LogP) is 7.62. The molecule has 28 heavy (non-hydrogen) atoms. The molecule has 0 saturated heterocycles. The van der Waals surface area contributed by atoms with E-state index in [2.05, 4.69) is 113 Å². The SMILES string of the molecule is CC(C#C[Si](C)(C)C(C)(C)C)=C(CCc1ccccc1)CCc1ccccc1. The van der Waals surface area contributed by atoms with Crippen molar-refractivity contribution in [2.75, 3.05) is 0 Å². The Kier molecular flexibility index (Phi) is 7.90. The number of allylic oxidation sites excluding steroid dienone is 2.